The van der Waals surface area contributed by atoms with Crippen LogP contribution in [0.5, 0.6) is 0 Å². The number of rotatable bonds is 6. The molecule has 3 heterocycles. The predicted octanol–water partition coefficient (Wildman–Crippen LogP) is 0.900. The second-order valence-electron chi connectivity index (χ2n) is 7.10. The van der Waals surface area contributed by atoms with E-state index in [1.54, 1.807) is 30.5 Å². The van der Waals surface area contributed by atoms with Crippen molar-refractivity contribution in [2.75, 3.05) is 37.7 Å². The summed E-state index contributed by atoms with van der Waals surface area (Å²) in [5.41, 5.74) is 1.93. The van der Waals surface area contributed by atoms with Crippen LogP contribution < -0.4 is 15.5 Å². The Morgan fingerprint density at radius 2 is 1.93 bits per heavy atom. The van der Waals surface area contributed by atoms with Gasteiger partial charge in [0.1, 0.15) is 5.82 Å². The molecular weight excluding hydrogens is 386 g/mol. The predicted molar refractivity (Wildman–Crippen MR) is 109 cm³/mol. The highest BCUT2D eigenvalue weighted by Crippen LogP contribution is 2.15. The largest absolute Gasteiger partial charge is 0.378 e. The number of morpholine rings is 1. The molecule has 2 aromatic rings. The van der Waals surface area contributed by atoms with Gasteiger partial charge >= 0.3 is 6.03 Å². The van der Waals surface area contributed by atoms with Crippen molar-refractivity contribution in [3.8, 4) is 0 Å². The van der Waals surface area contributed by atoms with E-state index in [1.165, 1.54) is 0 Å². The lowest BCUT2D eigenvalue weighted by molar-refractivity contribution is -0.125. The van der Waals surface area contributed by atoms with Crippen LogP contribution in [0.3, 0.4) is 0 Å². The molecule has 156 valence electrons. The van der Waals surface area contributed by atoms with Gasteiger partial charge in [-0.1, -0.05) is 24.3 Å². The van der Waals surface area contributed by atoms with E-state index in [2.05, 4.69) is 20.5 Å². The summed E-state index contributed by atoms with van der Waals surface area (Å²) in [5, 5.41) is 5.37. The fraction of sp³-hybridized carbons (Fsp3) is 0.333. The van der Waals surface area contributed by atoms with E-state index in [4.69, 9.17) is 4.74 Å². The summed E-state index contributed by atoms with van der Waals surface area (Å²) in [7, 11) is 0. The zero-order chi connectivity index (χ0) is 20.9. The Hall–Kier alpha value is -3.46. The number of aromatic nitrogens is 1. The maximum absolute atomic E-state index is 12.7. The third-order valence-corrected chi connectivity index (χ3v) is 5.12. The molecule has 1 aromatic carbocycles. The minimum absolute atomic E-state index is 0.0132. The minimum Gasteiger partial charge on any atom is -0.378 e. The van der Waals surface area contributed by atoms with Gasteiger partial charge in [0.15, 0.2) is 0 Å². The van der Waals surface area contributed by atoms with Crippen molar-refractivity contribution in [1.29, 1.82) is 0 Å². The van der Waals surface area contributed by atoms with E-state index in [9.17, 15) is 14.4 Å². The summed E-state index contributed by atoms with van der Waals surface area (Å²) in [4.78, 5) is 44.1. The summed E-state index contributed by atoms with van der Waals surface area (Å²) >= 11 is 0. The standard InChI is InChI=1S/C21H23N5O4/c27-19-13-24-21(29)26(19)14-16-3-1-2-4-17(16)20(28)23-12-15-5-6-18(22-11-15)25-7-9-30-10-8-25/h1-6,11H,7-10,12-14H2,(H,23,28)(H,24,29). The molecular formula is C21H23N5O4. The van der Waals surface area contributed by atoms with Gasteiger partial charge in [0.25, 0.3) is 5.91 Å². The third-order valence-electron chi connectivity index (χ3n) is 5.12. The van der Waals surface area contributed by atoms with Crippen LogP contribution in [0.15, 0.2) is 42.6 Å². The molecule has 2 fully saturated rings. The van der Waals surface area contributed by atoms with Crippen molar-refractivity contribution < 1.29 is 19.1 Å². The molecule has 0 radical (unpaired) electrons. The summed E-state index contributed by atoms with van der Waals surface area (Å²) in [6.07, 6.45) is 1.75. The molecule has 9 heteroatoms. The van der Waals surface area contributed by atoms with Gasteiger partial charge < -0.3 is 20.3 Å². The van der Waals surface area contributed by atoms with E-state index in [0.29, 0.717) is 30.9 Å². The van der Waals surface area contributed by atoms with Crippen molar-refractivity contribution in [1.82, 2.24) is 20.5 Å². The van der Waals surface area contributed by atoms with Gasteiger partial charge in [0.05, 0.1) is 26.3 Å². The van der Waals surface area contributed by atoms with E-state index >= 15 is 0 Å². The summed E-state index contributed by atoms with van der Waals surface area (Å²) in [6.45, 7) is 3.40. The van der Waals surface area contributed by atoms with Crippen molar-refractivity contribution >= 4 is 23.7 Å². The lowest BCUT2D eigenvalue weighted by Gasteiger charge is -2.27. The van der Waals surface area contributed by atoms with Crippen LogP contribution in [-0.2, 0) is 22.6 Å². The first-order valence-corrected chi connectivity index (χ1v) is 9.84. The van der Waals surface area contributed by atoms with Gasteiger partial charge in [-0.2, -0.15) is 0 Å². The second kappa shape index (κ2) is 8.91. The maximum Gasteiger partial charge on any atom is 0.324 e. The van der Waals surface area contributed by atoms with Gasteiger partial charge in [-0.05, 0) is 23.3 Å². The van der Waals surface area contributed by atoms with Gasteiger partial charge in [0, 0.05) is 31.4 Å². The van der Waals surface area contributed by atoms with E-state index < -0.39 is 6.03 Å². The number of carbonyl (C=O) groups is 3. The highest BCUT2D eigenvalue weighted by molar-refractivity contribution is 6.02. The molecule has 2 saturated heterocycles. The van der Waals surface area contributed by atoms with Gasteiger partial charge in [0.2, 0.25) is 5.91 Å². The highest BCUT2D eigenvalue weighted by Gasteiger charge is 2.29. The molecule has 0 unspecified atom stereocenters. The van der Waals surface area contributed by atoms with E-state index in [1.807, 2.05) is 12.1 Å². The Balaban J connectivity index is 1.38. The first-order chi connectivity index (χ1) is 14.6. The van der Waals surface area contributed by atoms with E-state index in [0.717, 1.165) is 29.4 Å². The molecule has 0 spiro atoms. The zero-order valence-corrected chi connectivity index (χ0v) is 16.5. The number of benzene rings is 1. The van der Waals surface area contributed by atoms with Crippen molar-refractivity contribution in [2.45, 2.75) is 13.1 Å². The number of amides is 4. The number of pyridine rings is 1. The average molecular weight is 409 g/mol. The molecule has 4 amide bonds. The Labute approximate surface area is 174 Å². The Kier molecular flexibility index (Phi) is 5.89. The van der Waals surface area contributed by atoms with Crippen LogP contribution in [0, 0.1) is 0 Å². The molecule has 1 aromatic heterocycles. The Morgan fingerprint density at radius 1 is 1.13 bits per heavy atom. The number of nitrogens with one attached hydrogen (secondary N) is 2. The first-order valence-electron chi connectivity index (χ1n) is 9.84. The number of anilines is 1. The monoisotopic (exact) mass is 409 g/mol. The number of nitrogens with zero attached hydrogens (tertiary/aromatic N) is 3. The number of hydrogen-bond donors (Lipinski definition) is 2. The van der Waals surface area contributed by atoms with Crippen LogP contribution in [0.2, 0.25) is 0 Å². The number of imide groups is 1. The zero-order valence-electron chi connectivity index (χ0n) is 16.5. The normalized spacial score (nSPS) is 16.5. The van der Waals surface area contributed by atoms with E-state index in [-0.39, 0.29) is 24.9 Å². The Morgan fingerprint density at radius 3 is 2.63 bits per heavy atom. The Bertz CT molecular complexity index is 925. The van der Waals surface area contributed by atoms with Crippen LogP contribution >= 0.6 is 0 Å². The van der Waals surface area contributed by atoms with Gasteiger partial charge in [-0.15, -0.1) is 0 Å². The molecule has 9 nitrogen and oxygen atoms in total. The molecule has 0 bridgehead atoms. The fourth-order valence-electron chi connectivity index (χ4n) is 3.44. The van der Waals surface area contributed by atoms with Crippen molar-refractivity contribution in [2.24, 2.45) is 0 Å². The van der Waals surface area contributed by atoms with Crippen LogP contribution in [0.4, 0.5) is 10.6 Å². The van der Waals surface area contributed by atoms with Crippen LogP contribution in [-0.4, -0.2) is 60.6 Å². The van der Waals surface area contributed by atoms with Crippen LogP contribution in [0.1, 0.15) is 21.5 Å². The molecule has 2 N–H and O–H groups in total. The average Bonchev–Trinajstić information content (AvgIpc) is 3.11. The van der Waals surface area contributed by atoms with Crippen LogP contribution in [0.25, 0.3) is 0 Å². The van der Waals surface area contributed by atoms with Gasteiger partial charge in [-0.25, -0.2) is 9.78 Å². The first kappa shape index (κ1) is 19.8. The summed E-state index contributed by atoms with van der Waals surface area (Å²) < 4.78 is 5.35. The van der Waals surface area contributed by atoms with Gasteiger partial charge in [-0.3, -0.25) is 14.5 Å². The summed E-state index contributed by atoms with van der Waals surface area (Å²) in [6, 6.07) is 10.4. The number of hydrogen-bond acceptors (Lipinski definition) is 6. The second-order valence-corrected chi connectivity index (χ2v) is 7.10. The molecule has 0 saturated carbocycles. The minimum atomic E-state index is -0.443. The maximum atomic E-state index is 12.7. The molecule has 2 aliphatic heterocycles. The summed E-state index contributed by atoms with van der Waals surface area (Å²) in [5.74, 6) is 0.323. The smallest absolute Gasteiger partial charge is 0.324 e. The number of ether oxygens (including phenoxy) is 1. The SMILES string of the molecule is O=C(NCc1ccc(N2CCOCC2)nc1)c1ccccc1CN1C(=O)CNC1=O. The highest BCUT2D eigenvalue weighted by atomic mass is 16.5. The number of carbonyl (C=O) groups excluding carboxylic acids is 3. The molecule has 4 rings (SSSR count). The molecule has 0 atom stereocenters. The molecule has 2 aliphatic rings. The molecule has 0 aliphatic carbocycles. The fourth-order valence-corrected chi connectivity index (χ4v) is 3.44. The number of urea groups is 1. The van der Waals surface area contributed by atoms with Crippen molar-refractivity contribution in [3.05, 3.63) is 59.3 Å². The lowest BCUT2D eigenvalue weighted by Crippen LogP contribution is -2.36. The molecule has 30 heavy (non-hydrogen) atoms. The lowest BCUT2D eigenvalue weighted by atomic mass is 10.1. The quantitative estimate of drug-likeness (QED) is 0.687. The van der Waals surface area contributed by atoms with Crippen molar-refractivity contribution in [3.63, 3.8) is 0 Å². The topological polar surface area (TPSA) is 104 Å². The third kappa shape index (κ3) is 4.41.